The predicted octanol–water partition coefficient (Wildman–Crippen LogP) is 2.71. The third-order valence-corrected chi connectivity index (χ3v) is 5.27. The van der Waals surface area contributed by atoms with Crippen molar-refractivity contribution in [3.63, 3.8) is 0 Å². The Morgan fingerprint density at radius 1 is 1.06 bits per heavy atom. The lowest BCUT2D eigenvalue weighted by Gasteiger charge is -2.08. The molecule has 0 saturated heterocycles. The van der Waals surface area contributed by atoms with Gasteiger partial charge in [0.05, 0.1) is 17.9 Å². The fourth-order valence-corrected chi connectivity index (χ4v) is 3.61. The van der Waals surface area contributed by atoms with Crippen molar-refractivity contribution in [3.05, 3.63) is 76.8 Å². The molecule has 0 bridgehead atoms. The van der Waals surface area contributed by atoms with Crippen LogP contribution in [0.5, 0.6) is 11.5 Å². The van der Waals surface area contributed by atoms with E-state index in [1.165, 1.54) is 15.3 Å². The van der Waals surface area contributed by atoms with Gasteiger partial charge in [-0.15, -0.1) is 0 Å². The van der Waals surface area contributed by atoms with E-state index in [-0.39, 0.29) is 31.4 Å². The lowest BCUT2D eigenvalue weighted by atomic mass is 10.1. The minimum Gasteiger partial charge on any atom is -0.462 e. The van der Waals surface area contributed by atoms with Gasteiger partial charge in [0.1, 0.15) is 12.1 Å². The van der Waals surface area contributed by atoms with Crippen LogP contribution in [0, 0.1) is 0 Å². The van der Waals surface area contributed by atoms with E-state index in [4.69, 9.17) is 14.2 Å². The molecule has 10 nitrogen and oxygen atoms in total. The van der Waals surface area contributed by atoms with Gasteiger partial charge in [-0.3, -0.25) is 9.59 Å². The topological polar surface area (TPSA) is 113 Å². The number of ether oxygens (including phenoxy) is 3. The first-order valence-electron chi connectivity index (χ1n) is 10.6. The first-order chi connectivity index (χ1) is 16.5. The van der Waals surface area contributed by atoms with Gasteiger partial charge in [-0.25, -0.2) is 9.31 Å². The molecule has 34 heavy (non-hydrogen) atoms. The van der Waals surface area contributed by atoms with Gasteiger partial charge in [0.25, 0.3) is 5.56 Å². The minimum absolute atomic E-state index is 0.173. The van der Waals surface area contributed by atoms with E-state index < -0.39 is 5.97 Å². The molecule has 172 valence electrons. The molecular weight excluding hydrogens is 440 g/mol. The predicted molar refractivity (Wildman–Crippen MR) is 122 cm³/mol. The highest BCUT2D eigenvalue weighted by Crippen LogP contribution is 2.35. The number of rotatable bonds is 6. The molecule has 0 fully saturated rings. The lowest BCUT2D eigenvalue weighted by molar-refractivity contribution is -0.116. The van der Waals surface area contributed by atoms with Crippen molar-refractivity contribution < 1.29 is 23.8 Å². The lowest BCUT2D eigenvalue weighted by Crippen LogP contribution is -2.28. The zero-order chi connectivity index (χ0) is 23.7. The third-order valence-electron chi connectivity index (χ3n) is 5.27. The first kappa shape index (κ1) is 21.3. The highest BCUT2D eigenvalue weighted by Gasteiger charge is 2.16. The maximum absolute atomic E-state index is 13.0. The van der Waals surface area contributed by atoms with Crippen LogP contribution in [0.1, 0.15) is 17.3 Å². The van der Waals surface area contributed by atoms with E-state index in [0.717, 1.165) is 5.56 Å². The van der Waals surface area contributed by atoms with Crippen molar-refractivity contribution >= 4 is 23.1 Å². The van der Waals surface area contributed by atoms with Crippen LogP contribution in [0.3, 0.4) is 0 Å². The molecule has 3 heterocycles. The highest BCUT2D eigenvalue weighted by molar-refractivity contribution is 5.93. The molecule has 0 saturated carbocycles. The number of esters is 1. The van der Waals surface area contributed by atoms with Crippen molar-refractivity contribution in [2.24, 2.45) is 0 Å². The van der Waals surface area contributed by atoms with E-state index in [9.17, 15) is 14.4 Å². The van der Waals surface area contributed by atoms with Crippen LogP contribution < -0.4 is 20.3 Å². The summed E-state index contributed by atoms with van der Waals surface area (Å²) in [6.45, 7) is 2.01. The van der Waals surface area contributed by atoms with Gasteiger partial charge < -0.3 is 24.1 Å². The third kappa shape index (κ3) is 4.08. The van der Waals surface area contributed by atoms with E-state index >= 15 is 0 Å². The van der Waals surface area contributed by atoms with Gasteiger partial charge in [-0.1, -0.05) is 0 Å². The summed E-state index contributed by atoms with van der Waals surface area (Å²) in [5, 5.41) is 7.18. The molecule has 4 aromatic rings. The summed E-state index contributed by atoms with van der Waals surface area (Å²) in [7, 11) is 0. The molecule has 1 N–H and O–H groups in total. The number of amides is 1. The maximum atomic E-state index is 13.0. The number of nitrogens with zero attached hydrogens (tertiary/aromatic N) is 3. The maximum Gasteiger partial charge on any atom is 0.338 e. The van der Waals surface area contributed by atoms with Crippen LogP contribution in [-0.4, -0.2) is 39.5 Å². The van der Waals surface area contributed by atoms with Crippen LogP contribution in [-0.2, 0) is 16.1 Å². The number of hydrogen-bond donors (Lipinski definition) is 1. The monoisotopic (exact) mass is 460 g/mol. The Morgan fingerprint density at radius 2 is 1.85 bits per heavy atom. The Balaban J connectivity index is 1.32. The Morgan fingerprint density at radius 3 is 2.65 bits per heavy atom. The molecule has 1 aliphatic rings. The van der Waals surface area contributed by atoms with E-state index in [0.29, 0.717) is 34.0 Å². The van der Waals surface area contributed by atoms with Gasteiger partial charge in [0, 0.05) is 23.6 Å². The first-order valence-corrected chi connectivity index (χ1v) is 10.6. The fraction of sp³-hybridized carbons (Fsp3) is 0.167. The average molecular weight is 460 g/mol. The standard InChI is InChI=1S/C24H20N4O6/c1-2-32-24(31)15-3-6-17(7-4-15)25-22(29)13-27-9-10-28-19(23(27)30)12-18(26-28)16-5-8-20-21(11-16)34-14-33-20/h3-12H,2,13-14H2,1H3,(H,25,29). The number of carbonyl (C=O) groups is 2. The van der Waals surface area contributed by atoms with Crippen LogP contribution in [0.25, 0.3) is 16.8 Å². The van der Waals surface area contributed by atoms with Crippen molar-refractivity contribution in [1.82, 2.24) is 14.2 Å². The zero-order valence-electron chi connectivity index (χ0n) is 18.2. The number of carbonyl (C=O) groups excluding carboxylic acids is 2. The van der Waals surface area contributed by atoms with Crippen molar-refractivity contribution in [2.75, 3.05) is 18.7 Å². The molecule has 2 aromatic carbocycles. The Hall–Kier alpha value is -4.60. The molecule has 0 aliphatic carbocycles. The number of fused-ring (bicyclic) bond motifs is 2. The number of hydrogen-bond acceptors (Lipinski definition) is 7. The summed E-state index contributed by atoms with van der Waals surface area (Å²) in [5.74, 6) is 0.474. The van der Waals surface area contributed by atoms with E-state index in [2.05, 4.69) is 10.4 Å². The number of nitrogens with one attached hydrogen (secondary N) is 1. The SMILES string of the molecule is CCOC(=O)c1ccc(NC(=O)Cn2ccn3nc(-c4ccc5c(c4)OCO5)cc3c2=O)cc1. The second-order valence-electron chi connectivity index (χ2n) is 7.50. The molecule has 1 amide bonds. The smallest absolute Gasteiger partial charge is 0.338 e. The molecule has 0 atom stereocenters. The fourth-order valence-electron chi connectivity index (χ4n) is 3.61. The van der Waals surface area contributed by atoms with E-state index in [1.54, 1.807) is 49.5 Å². The van der Waals surface area contributed by atoms with Gasteiger partial charge in [0.2, 0.25) is 12.7 Å². The van der Waals surface area contributed by atoms with Crippen molar-refractivity contribution in [2.45, 2.75) is 13.5 Å². The molecule has 1 aliphatic heterocycles. The minimum atomic E-state index is -0.429. The van der Waals surface area contributed by atoms with Crippen LogP contribution in [0.2, 0.25) is 0 Å². The number of benzene rings is 2. The zero-order valence-corrected chi connectivity index (χ0v) is 18.2. The summed E-state index contributed by atoms with van der Waals surface area (Å²) in [4.78, 5) is 37.2. The summed E-state index contributed by atoms with van der Waals surface area (Å²) < 4.78 is 18.5. The number of aromatic nitrogens is 3. The Kier molecular flexibility index (Phi) is 5.46. The largest absolute Gasteiger partial charge is 0.462 e. The molecule has 5 rings (SSSR count). The highest BCUT2D eigenvalue weighted by atomic mass is 16.7. The molecule has 0 radical (unpaired) electrons. The van der Waals surface area contributed by atoms with Gasteiger partial charge >= 0.3 is 5.97 Å². The van der Waals surface area contributed by atoms with Gasteiger partial charge in [-0.05, 0) is 55.5 Å². The van der Waals surface area contributed by atoms with Crippen LogP contribution >= 0.6 is 0 Å². The average Bonchev–Trinajstić information content (AvgIpc) is 3.48. The summed E-state index contributed by atoms with van der Waals surface area (Å²) in [6.07, 6.45) is 3.13. The Labute approximate surface area is 193 Å². The van der Waals surface area contributed by atoms with Crippen molar-refractivity contribution in [1.29, 1.82) is 0 Å². The second-order valence-corrected chi connectivity index (χ2v) is 7.50. The van der Waals surface area contributed by atoms with E-state index in [1.807, 2.05) is 12.1 Å². The van der Waals surface area contributed by atoms with Crippen LogP contribution in [0.15, 0.2) is 65.7 Å². The quantitative estimate of drug-likeness (QED) is 0.440. The molecule has 0 unspecified atom stereocenters. The van der Waals surface area contributed by atoms with Crippen LogP contribution in [0.4, 0.5) is 5.69 Å². The van der Waals surface area contributed by atoms with Gasteiger partial charge in [0.15, 0.2) is 11.5 Å². The van der Waals surface area contributed by atoms with Gasteiger partial charge in [-0.2, -0.15) is 5.10 Å². The molecule has 2 aromatic heterocycles. The number of anilines is 1. The molecule has 10 heteroatoms. The molecule has 0 spiro atoms. The normalized spacial score (nSPS) is 12.0. The van der Waals surface area contributed by atoms with Crippen molar-refractivity contribution in [3.8, 4) is 22.8 Å². The summed E-state index contributed by atoms with van der Waals surface area (Å²) in [5.41, 5.74) is 2.25. The summed E-state index contributed by atoms with van der Waals surface area (Å²) >= 11 is 0. The Bertz CT molecular complexity index is 1450. The molecular formula is C24H20N4O6. The summed E-state index contributed by atoms with van der Waals surface area (Å²) in [6, 6.07) is 13.4. The second kappa shape index (κ2) is 8.74.